The van der Waals surface area contributed by atoms with Gasteiger partial charge >= 0.3 is 144 Å². The summed E-state index contributed by atoms with van der Waals surface area (Å²) < 4.78 is 3.34. The second-order valence-corrected chi connectivity index (χ2v) is 9.32. The third-order valence-corrected chi connectivity index (χ3v) is 7.89. The molecule has 0 fully saturated rings. The van der Waals surface area contributed by atoms with Crippen LogP contribution in [0.4, 0.5) is 0 Å². The topological polar surface area (TPSA) is 0 Å². The molecular weight excluding hydrogens is 414 g/mol. The number of benzene rings is 2. The standard InChI is InChI=1S/C16H13.C5H5.2ClH.Zr/c1-2-7-12-13-8-3-5-10-15(13)16-11-6-4-9-14(12)16;1-2-4-5-3-1;;;/h2-8,10-12H,1H3;1-3H,4H2;2*1H;/q;;;;+2/p-2. The van der Waals surface area contributed by atoms with Crippen LogP contribution in [0.5, 0.6) is 0 Å². The van der Waals surface area contributed by atoms with Crippen LogP contribution in [-0.2, 0) is 23.2 Å². The Morgan fingerprint density at radius 3 is 2.54 bits per heavy atom. The molecule has 0 saturated carbocycles. The molecule has 0 spiro atoms. The van der Waals surface area contributed by atoms with Gasteiger partial charge in [0.2, 0.25) is 0 Å². The maximum absolute atomic E-state index is 2.38. The maximum atomic E-state index is 2.38. The molecule has 3 heteroatoms. The van der Waals surface area contributed by atoms with Gasteiger partial charge in [-0.2, -0.15) is 0 Å². The Morgan fingerprint density at radius 2 is 1.79 bits per heavy atom. The minimum absolute atomic E-state index is 0. The van der Waals surface area contributed by atoms with E-state index in [0.29, 0.717) is 5.92 Å². The maximum Gasteiger partial charge on any atom is -1.00 e. The number of rotatable bonds is 3. The molecule has 0 amide bonds. The van der Waals surface area contributed by atoms with Crippen LogP contribution in [-0.4, -0.2) is 0 Å². The van der Waals surface area contributed by atoms with Crippen molar-refractivity contribution in [1.82, 2.24) is 0 Å². The van der Waals surface area contributed by atoms with Crippen LogP contribution in [0.15, 0.2) is 76.1 Å². The van der Waals surface area contributed by atoms with Crippen molar-refractivity contribution in [3.8, 4) is 11.1 Å². The van der Waals surface area contributed by atoms with Gasteiger partial charge in [-0.15, -0.1) is 0 Å². The number of hydrogen-bond acceptors (Lipinski definition) is 0. The Bertz CT molecular complexity index is 818. The molecule has 0 aromatic heterocycles. The molecular formula is C21H18Cl2Zr. The Hall–Kier alpha value is -0.877. The molecule has 2 aromatic rings. The van der Waals surface area contributed by atoms with E-state index in [2.05, 4.69) is 79.8 Å². The summed E-state index contributed by atoms with van der Waals surface area (Å²) in [5.41, 5.74) is 5.95. The fourth-order valence-electron chi connectivity index (χ4n) is 3.52. The SMILES string of the molecule is CC=CC1c2ccccc2-c2ccc[c]([Zr+2][C]3=CC=CC3)c21.[Cl-].[Cl-]. The van der Waals surface area contributed by atoms with E-state index in [9.17, 15) is 0 Å². The quantitative estimate of drug-likeness (QED) is 0.543. The van der Waals surface area contributed by atoms with Gasteiger partial charge in [-0.25, -0.2) is 0 Å². The van der Waals surface area contributed by atoms with Crippen LogP contribution in [0.2, 0.25) is 0 Å². The molecule has 2 aromatic carbocycles. The van der Waals surface area contributed by atoms with E-state index in [1.165, 1.54) is 23.1 Å². The summed E-state index contributed by atoms with van der Waals surface area (Å²) >= 11 is -0.674. The largest absolute Gasteiger partial charge is 1.00 e. The molecule has 24 heavy (non-hydrogen) atoms. The van der Waals surface area contributed by atoms with Gasteiger partial charge in [0, 0.05) is 0 Å². The summed E-state index contributed by atoms with van der Waals surface area (Å²) in [7, 11) is 0. The van der Waals surface area contributed by atoms with E-state index < -0.39 is 23.2 Å². The zero-order chi connectivity index (χ0) is 14.9. The van der Waals surface area contributed by atoms with Gasteiger partial charge in [-0.1, -0.05) is 0 Å². The van der Waals surface area contributed by atoms with Crippen molar-refractivity contribution < 1.29 is 48.0 Å². The smallest absolute Gasteiger partial charge is 1.00 e. The summed E-state index contributed by atoms with van der Waals surface area (Å²) in [6.07, 6.45) is 12.6. The molecule has 2 aliphatic rings. The van der Waals surface area contributed by atoms with Gasteiger partial charge in [-0.05, 0) is 0 Å². The molecule has 120 valence electrons. The van der Waals surface area contributed by atoms with E-state index >= 15 is 0 Å². The van der Waals surface area contributed by atoms with Crippen molar-refractivity contribution in [2.45, 2.75) is 19.3 Å². The Balaban J connectivity index is 0.00000104. The van der Waals surface area contributed by atoms with Crippen molar-refractivity contribution in [2.24, 2.45) is 0 Å². The van der Waals surface area contributed by atoms with Gasteiger partial charge in [-0.3, -0.25) is 0 Å². The molecule has 4 rings (SSSR count). The Morgan fingerprint density at radius 1 is 1.00 bits per heavy atom. The van der Waals surface area contributed by atoms with Crippen LogP contribution in [0.25, 0.3) is 11.1 Å². The molecule has 0 saturated heterocycles. The van der Waals surface area contributed by atoms with E-state index in [0.717, 1.165) is 0 Å². The Kier molecular flexibility index (Phi) is 6.87. The van der Waals surface area contributed by atoms with Crippen LogP contribution < -0.4 is 28.1 Å². The monoisotopic (exact) mass is 430 g/mol. The first-order valence-electron chi connectivity index (χ1n) is 7.86. The van der Waals surface area contributed by atoms with E-state index in [1.807, 2.05) is 0 Å². The van der Waals surface area contributed by atoms with E-state index in [4.69, 9.17) is 0 Å². The van der Waals surface area contributed by atoms with Crippen molar-refractivity contribution in [1.29, 1.82) is 0 Å². The average Bonchev–Trinajstić information content (AvgIpc) is 3.16. The fraction of sp³-hybridized carbons (Fsp3) is 0.143. The molecule has 0 radical (unpaired) electrons. The van der Waals surface area contributed by atoms with Crippen LogP contribution >= 0.6 is 0 Å². The predicted octanol–water partition coefficient (Wildman–Crippen LogP) is -1.07. The molecule has 0 nitrogen and oxygen atoms in total. The zero-order valence-corrected chi connectivity index (χ0v) is 17.4. The first kappa shape index (κ1) is 19.4. The molecule has 2 aliphatic carbocycles. The minimum Gasteiger partial charge on any atom is -1.00 e. The normalized spacial score (nSPS) is 16.7. The van der Waals surface area contributed by atoms with Gasteiger partial charge in [0.1, 0.15) is 0 Å². The van der Waals surface area contributed by atoms with Crippen molar-refractivity contribution in [2.75, 3.05) is 0 Å². The van der Waals surface area contributed by atoms with Gasteiger partial charge in [0.05, 0.1) is 0 Å². The van der Waals surface area contributed by atoms with Crippen molar-refractivity contribution in [3.63, 3.8) is 0 Å². The van der Waals surface area contributed by atoms with E-state index in [-0.39, 0.29) is 24.8 Å². The van der Waals surface area contributed by atoms with Crippen molar-refractivity contribution in [3.05, 3.63) is 87.3 Å². The molecule has 1 unspecified atom stereocenters. The van der Waals surface area contributed by atoms with Crippen molar-refractivity contribution >= 4 is 3.27 Å². The molecule has 0 bridgehead atoms. The number of fused-ring (bicyclic) bond motifs is 3. The van der Waals surface area contributed by atoms with E-state index in [1.54, 1.807) is 12.1 Å². The third-order valence-electron chi connectivity index (χ3n) is 4.45. The average molecular weight is 433 g/mol. The summed E-state index contributed by atoms with van der Waals surface area (Å²) in [5, 5.41) is 0. The molecule has 0 aliphatic heterocycles. The molecule has 1 atom stereocenters. The molecule has 0 heterocycles. The van der Waals surface area contributed by atoms with Crippen LogP contribution in [0, 0.1) is 0 Å². The second kappa shape index (κ2) is 8.48. The van der Waals surface area contributed by atoms with Gasteiger partial charge in [0.25, 0.3) is 0 Å². The van der Waals surface area contributed by atoms with Gasteiger partial charge < -0.3 is 24.8 Å². The van der Waals surface area contributed by atoms with Gasteiger partial charge in [0.15, 0.2) is 0 Å². The number of allylic oxidation sites excluding steroid dienone is 6. The summed E-state index contributed by atoms with van der Waals surface area (Å²) in [5.74, 6) is 0.447. The third kappa shape index (κ3) is 3.40. The number of hydrogen-bond donors (Lipinski definition) is 0. The van der Waals surface area contributed by atoms with Crippen LogP contribution in [0.1, 0.15) is 30.4 Å². The summed E-state index contributed by atoms with van der Waals surface area (Å²) in [6.45, 7) is 2.13. The second-order valence-electron chi connectivity index (χ2n) is 5.81. The molecule has 0 N–H and O–H groups in total. The number of halogens is 2. The summed E-state index contributed by atoms with van der Waals surface area (Å²) in [6, 6.07) is 15.9. The first-order valence-corrected chi connectivity index (χ1v) is 10.3. The van der Waals surface area contributed by atoms with Crippen LogP contribution in [0.3, 0.4) is 0 Å². The zero-order valence-electron chi connectivity index (χ0n) is 13.5. The summed E-state index contributed by atoms with van der Waals surface area (Å²) in [4.78, 5) is 0. The first-order chi connectivity index (χ1) is 10.9. The minimum atomic E-state index is -0.674. The predicted molar refractivity (Wildman–Crippen MR) is 90.0 cm³/mol. The fourth-order valence-corrected chi connectivity index (χ4v) is 6.84. The Labute approximate surface area is 168 Å².